The van der Waals surface area contributed by atoms with E-state index in [2.05, 4.69) is 10.1 Å². The fourth-order valence-corrected chi connectivity index (χ4v) is 2.46. The summed E-state index contributed by atoms with van der Waals surface area (Å²) in [6.45, 7) is 0.591. The van der Waals surface area contributed by atoms with Crippen LogP contribution in [0.4, 0.5) is 18.9 Å². The molecule has 0 bridgehead atoms. The number of carbonyl (C=O) groups is 2. The summed E-state index contributed by atoms with van der Waals surface area (Å²) in [5.41, 5.74) is 5.60. The first-order valence-electron chi connectivity index (χ1n) is 6.93. The maximum Gasteiger partial charge on any atom is 0.573 e. The summed E-state index contributed by atoms with van der Waals surface area (Å²) in [4.78, 5) is 24.9. The van der Waals surface area contributed by atoms with Gasteiger partial charge in [0.05, 0.1) is 12.6 Å². The molecule has 0 aromatic heterocycles. The van der Waals surface area contributed by atoms with E-state index < -0.39 is 18.3 Å². The summed E-state index contributed by atoms with van der Waals surface area (Å²) in [7, 11) is 0. The van der Waals surface area contributed by atoms with Gasteiger partial charge < -0.3 is 15.8 Å². The molecule has 2 rings (SSSR count). The smallest absolute Gasteiger partial charge is 0.406 e. The number of nitrogens with one attached hydrogen (secondary N) is 1. The third-order valence-electron chi connectivity index (χ3n) is 3.41. The average molecular weight is 331 g/mol. The van der Waals surface area contributed by atoms with Crippen molar-refractivity contribution >= 4 is 17.5 Å². The zero-order valence-electron chi connectivity index (χ0n) is 12.1. The van der Waals surface area contributed by atoms with E-state index in [1.54, 1.807) is 4.90 Å². The highest BCUT2D eigenvalue weighted by atomic mass is 19.4. The number of rotatable bonds is 5. The lowest BCUT2D eigenvalue weighted by Crippen LogP contribution is -2.43. The molecule has 2 amide bonds. The van der Waals surface area contributed by atoms with E-state index in [0.29, 0.717) is 18.7 Å². The number of halogens is 3. The highest BCUT2D eigenvalue weighted by Gasteiger charge is 2.31. The van der Waals surface area contributed by atoms with Gasteiger partial charge in [0, 0.05) is 5.69 Å². The minimum Gasteiger partial charge on any atom is -0.406 e. The van der Waals surface area contributed by atoms with Crippen LogP contribution in [-0.2, 0) is 9.59 Å². The molecule has 6 nitrogen and oxygen atoms in total. The molecule has 1 saturated heterocycles. The topological polar surface area (TPSA) is 84.7 Å². The lowest BCUT2D eigenvalue weighted by molar-refractivity contribution is -0.274. The molecule has 0 spiro atoms. The first kappa shape index (κ1) is 17.1. The van der Waals surface area contributed by atoms with Gasteiger partial charge in [0.25, 0.3) is 0 Å². The third-order valence-corrected chi connectivity index (χ3v) is 3.41. The second kappa shape index (κ2) is 6.86. The van der Waals surface area contributed by atoms with E-state index in [9.17, 15) is 22.8 Å². The Labute approximate surface area is 130 Å². The number of anilines is 1. The van der Waals surface area contributed by atoms with Crippen LogP contribution in [0, 0.1) is 0 Å². The van der Waals surface area contributed by atoms with E-state index in [4.69, 9.17) is 5.73 Å². The number of ether oxygens (including phenoxy) is 1. The minimum atomic E-state index is -4.76. The molecule has 1 aromatic carbocycles. The van der Waals surface area contributed by atoms with Gasteiger partial charge >= 0.3 is 6.36 Å². The molecule has 3 N–H and O–H groups in total. The van der Waals surface area contributed by atoms with Crippen LogP contribution in [0.2, 0.25) is 0 Å². The number of nitrogens with zero attached hydrogens (tertiary/aromatic N) is 1. The second-order valence-electron chi connectivity index (χ2n) is 5.15. The Hall–Kier alpha value is -2.29. The zero-order chi connectivity index (χ0) is 17.0. The van der Waals surface area contributed by atoms with Crippen molar-refractivity contribution in [1.82, 2.24) is 4.90 Å². The van der Waals surface area contributed by atoms with E-state index in [0.717, 1.165) is 18.6 Å². The number of alkyl halides is 3. The van der Waals surface area contributed by atoms with Gasteiger partial charge in [0.1, 0.15) is 5.75 Å². The molecule has 1 atom stereocenters. The molecule has 0 unspecified atom stereocenters. The standard InChI is InChI=1S/C14H16F3N3O3/c15-14(16,17)23-10-5-3-9(4-6-10)19-12(21)8-20-7-1-2-11(20)13(18)22/h3-6,11H,1-2,7-8H2,(H2,18,22)(H,19,21)/t11-/m1/s1. The Balaban J connectivity index is 1.89. The van der Waals surface area contributed by atoms with Crippen molar-refractivity contribution in [3.05, 3.63) is 24.3 Å². The Kier molecular flexibility index (Phi) is 5.09. The predicted molar refractivity (Wildman–Crippen MR) is 75.5 cm³/mol. The molecule has 1 heterocycles. The fourth-order valence-electron chi connectivity index (χ4n) is 2.46. The summed E-state index contributed by atoms with van der Waals surface area (Å²) in [5, 5.41) is 2.55. The van der Waals surface area contributed by atoms with Gasteiger partial charge in [0.15, 0.2) is 0 Å². The van der Waals surface area contributed by atoms with Crippen molar-refractivity contribution in [2.24, 2.45) is 5.73 Å². The summed E-state index contributed by atoms with van der Waals surface area (Å²) < 4.78 is 39.9. The number of hydrogen-bond acceptors (Lipinski definition) is 4. The molecule has 0 radical (unpaired) electrons. The molecular formula is C14H16F3N3O3. The molecular weight excluding hydrogens is 315 g/mol. The maximum atomic E-state index is 12.0. The van der Waals surface area contributed by atoms with Crippen molar-refractivity contribution in [3.63, 3.8) is 0 Å². The summed E-state index contributed by atoms with van der Waals surface area (Å²) >= 11 is 0. The van der Waals surface area contributed by atoms with Crippen LogP contribution in [-0.4, -0.2) is 42.2 Å². The van der Waals surface area contributed by atoms with E-state index in [1.165, 1.54) is 12.1 Å². The average Bonchev–Trinajstić information content (AvgIpc) is 2.87. The van der Waals surface area contributed by atoms with Crippen molar-refractivity contribution < 1.29 is 27.5 Å². The molecule has 0 aliphatic carbocycles. The molecule has 1 aliphatic rings. The molecule has 0 saturated carbocycles. The van der Waals surface area contributed by atoms with Crippen LogP contribution in [0.15, 0.2) is 24.3 Å². The van der Waals surface area contributed by atoms with Crippen LogP contribution in [0.1, 0.15) is 12.8 Å². The number of hydrogen-bond donors (Lipinski definition) is 2. The van der Waals surface area contributed by atoms with Gasteiger partial charge in [-0.05, 0) is 43.7 Å². The molecule has 9 heteroatoms. The highest BCUT2D eigenvalue weighted by Crippen LogP contribution is 2.24. The van der Waals surface area contributed by atoms with Gasteiger partial charge in [-0.15, -0.1) is 13.2 Å². The predicted octanol–water partition coefficient (Wildman–Crippen LogP) is 1.47. The SMILES string of the molecule is NC(=O)[C@H]1CCCN1CC(=O)Nc1ccc(OC(F)(F)F)cc1. The van der Waals surface area contributed by atoms with E-state index in [-0.39, 0.29) is 18.2 Å². The number of nitrogens with two attached hydrogens (primary N) is 1. The monoisotopic (exact) mass is 331 g/mol. The Morgan fingerprint density at radius 2 is 1.96 bits per heavy atom. The van der Waals surface area contributed by atoms with Crippen molar-refractivity contribution in [1.29, 1.82) is 0 Å². The Morgan fingerprint density at radius 3 is 2.52 bits per heavy atom. The maximum absolute atomic E-state index is 12.0. The van der Waals surface area contributed by atoms with E-state index >= 15 is 0 Å². The number of benzene rings is 1. The quantitative estimate of drug-likeness (QED) is 0.856. The van der Waals surface area contributed by atoms with Gasteiger partial charge in [-0.2, -0.15) is 0 Å². The summed E-state index contributed by atoms with van der Waals surface area (Å²) in [6.07, 6.45) is -3.36. The lowest BCUT2D eigenvalue weighted by atomic mass is 10.2. The van der Waals surface area contributed by atoms with Crippen LogP contribution in [0.5, 0.6) is 5.75 Å². The first-order chi connectivity index (χ1) is 10.7. The summed E-state index contributed by atoms with van der Waals surface area (Å²) in [5.74, 6) is -1.21. The first-order valence-corrected chi connectivity index (χ1v) is 6.93. The largest absolute Gasteiger partial charge is 0.573 e. The molecule has 1 aromatic rings. The van der Waals surface area contributed by atoms with Crippen molar-refractivity contribution in [2.75, 3.05) is 18.4 Å². The normalized spacial score (nSPS) is 18.7. The van der Waals surface area contributed by atoms with Crippen LogP contribution in [0.3, 0.4) is 0 Å². The fraction of sp³-hybridized carbons (Fsp3) is 0.429. The number of amides is 2. The second-order valence-corrected chi connectivity index (χ2v) is 5.15. The summed E-state index contributed by atoms with van der Waals surface area (Å²) in [6, 6.07) is 4.35. The third kappa shape index (κ3) is 5.13. The van der Waals surface area contributed by atoms with Gasteiger partial charge in [-0.1, -0.05) is 0 Å². The van der Waals surface area contributed by atoms with Crippen LogP contribution in [0.25, 0.3) is 0 Å². The Morgan fingerprint density at radius 1 is 1.30 bits per heavy atom. The molecule has 126 valence electrons. The zero-order valence-corrected chi connectivity index (χ0v) is 12.1. The van der Waals surface area contributed by atoms with Gasteiger partial charge in [-0.3, -0.25) is 14.5 Å². The molecule has 23 heavy (non-hydrogen) atoms. The molecule has 1 aliphatic heterocycles. The lowest BCUT2D eigenvalue weighted by Gasteiger charge is -2.21. The van der Waals surface area contributed by atoms with Crippen LogP contribution < -0.4 is 15.8 Å². The van der Waals surface area contributed by atoms with Crippen molar-refractivity contribution in [3.8, 4) is 5.75 Å². The number of likely N-dealkylation sites (tertiary alicyclic amines) is 1. The van der Waals surface area contributed by atoms with Crippen molar-refractivity contribution in [2.45, 2.75) is 25.2 Å². The van der Waals surface area contributed by atoms with Gasteiger partial charge in [0.2, 0.25) is 11.8 Å². The number of primary amides is 1. The Bertz CT molecular complexity index is 575. The van der Waals surface area contributed by atoms with E-state index in [1.807, 2.05) is 0 Å². The highest BCUT2D eigenvalue weighted by molar-refractivity contribution is 5.93. The van der Waals surface area contributed by atoms with Crippen LogP contribution >= 0.6 is 0 Å². The minimum absolute atomic E-state index is 0.00555. The molecule has 1 fully saturated rings. The van der Waals surface area contributed by atoms with Gasteiger partial charge in [-0.25, -0.2) is 0 Å². The number of carbonyl (C=O) groups excluding carboxylic acids is 2.